The summed E-state index contributed by atoms with van der Waals surface area (Å²) in [4.78, 5) is 0. The number of aryl methyl sites for hydroxylation is 1. The predicted octanol–water partition coefficient (Wildman–Crippen LogP) is 1.90. The van der Waals surface area contributed by atoms with E-state index in [1.165, 1.54) is 6.07 Å². The van der Waals surface area contributed by atoms with Crippen LogP contribution in [-0.2, 0) is 0 Å². The highest BCUT2D eigenvalue weighted by atomic mass is 19.1. The Bertz CT molecular complexity index is 363. The molecule has 1 aliphatic rings. The number of rotatable bonds is 3. The van der Waals surface area contributed by atoms with Crippen LogP contribution in [0.25, 0.3) is 0 Å². The Labute approximate surface area is 88.9 Å². The summed E-state index contributed by atoms with van der Waals surface area (Å²) in [7, 11) is 0. The zero-order valence-corrected chi connectivity index (χ0v) is 8.78. The van der Waals surface area contributed by atoms with Crippen molar-refractivity contribution in [2.24, 2.45) is 11.7 Å². The Morgan fingerprint density at radius 1 is 1.47 bits per heavy atom. The molecule has 1 aromatic carbocycles. The van der Waals surface area contributed by atoms with E-state index in [9.17, 15) is 9.50 Å². The first-order chi connectivity index (χ1) is 7.09. The summed E-state index contributed by atoms with van der Waals surface area (Å²) >= 11 is 0. The van der Waals surface area contributed by atoms with Crippen molar-refractivity contribution in [2.45, 2.75) is 31.9 Å². The van der Waals surface area contributed by atoms with Gasteiger partial charge in [-0.2, -0.15) is 0 Å². The molecule has 0 saturated heterocycles. The van der Waals surface area contributed by atoms with Gasteiger partial charge in [-0.3, -0.25) is 0 Å². The van der Waals surface area contributed by atoms with E-state index < -0.39 is 12.1 Å². The lowest BCUT2D eigenvalue weighted by Crippen LogP contribution is -2.28. The lowest BCUT2D eigenvalue weighted by molar-refractivity contribution is 0.121. The van der Waals surface area contributed by atoms with Crippen LogP contribution in [0.15, 0.2) is 18.2 Å². The van der Waals surface area contributed by atoms with E-state index in [4.69, 9.17) is 5.73 Å². The molecule has 0 aromatic heterocycles. The van der Waals surface area contributed by atoms with Gasteiger partial charge in [0.2, 0.25) is 0 Å². The molecule has 0 bridgehead atoms. The topological polar surface area (TPSA) is 46.2 Å². The molecular formula is C12H16FNO. The molecule has 0 radical (unpaired) electrons. The van der Waals surface area contributed by atoms with Gasteiger partial charge in [-0.25, -0.2) is 4.39 Å². The summed E-state index contributed by atoms with van der Waals surface area (Å²) in [6.07, 6.45) is 1.39. The fourth-order valence-electron chi connectivity index (χ4n) is 1.83. The molecular weight excluding hydrogens is 193 g/mol. The summed E-state index contributed by atoms with van der Waals surface area (Å²) in [5.74, 6) is -0.0623. The zero-order chi connectivity index (χ0) is 11.0. The summed E-state index contributed by atoms with van der Waals surface area (Å²) in [6, 6.07) is 4.22. The fourth-order valence-corrected chi connectivity index (χ4v) is 1.83. The lowest BCUT2D eigenvalue weighted by atomic mass is 9.97. The van der Waals surface area contributed by atoms with E-state index >= 15 is 0 Å². The molecule has 0 aliphatic heterocycles. The van der Waals surface area contributed by atoms with Gasteiger partial charge in [-0.05, 0) is 31.7 Å². The van der Waals surface area contributed by atoms with E-state index in [1.54, 1.807) is 12.1 Å². The minimum absolute atomic E-state index is 0.264. The first-order valence-corrected chi connectivity index (χ1v) is 5.29. The maximum atomic E-state index is 13.5. The molecule has 82 valence electrons. The van der Waals surface area contributed by atoms with Crippen LogP contribution < -0.4 is 5.73 Å². The first kappa shape index (κ1) is 10.6. The van der Waals surface area contributed by atoms with Gasteiger partial charge in [0, 0.05) is 5.56 Å². The van der Waals surface area contributed by atoms with Crippen LogP contribution in [0.4, 0.5) is 4.39 Å². The summed E-state index contributed by atoms with van der Waals surface area (Å²) in [5.41, 5.74) is 7.25. The summed E-state index contributed by atoms with van der Waals surface area (Å²) in [6.45, 7) is 1.89. The molecule has 1 saturated carbocycles. The van der Waals surface area contributed by atoms with Crippen LogP contribution in [0.1, 0.15) is 30.0 Å². The van der Waals surface area contributed by atoms with Crippen LogP contribution >= 0.6 is 0 Å². The predicted molar refractivity (Wildman–Crippen MR) is 56.8 cm³/mol. The molecule has 1 aromatic rings. The Morgan fingerprint density at radius 3 is 2.73 bits per heavy atom. The molecule has 2 rings (SSSR count). The number of hydrogen-bond donors (Lipinski definition) is 2. The Morgan fingerprint density at radius 2 is 2.13 bits per heavy atom. The third kappa shape index (κ3) is 2.19. The van der Waals surface area contributed by atoms with Gasteiger partial charge in [0.1, 0.15) is 5.82 Å². The highest BCUT2D eigenvalue weighted by Gasteiger charge is 2.35. The highest BCUT2D eigenvalue weighted by molar-refractivity contribution is 5.27. The SMILES string of the molecule is Cc1ccc(F)c([C@@H](N)[C@@H](O)C2CC2)c1. The van der Waals surface area contributed by atoms with E-state index in [2.05, 4.69) is 0 Å². The number of aliphatic hydroxyl groups excluding tert-OH is 1. The second kappa shape index (κ2) is 3.91. The van der Waals surface area contributed by atoms with E-state index in [-0.39, 0.29) is 11.7 Å². The smallest absolute Gasteiger partial charge is 0.128 e. The second-order valence-electron chi connectivity index (χ2n) is 4.38. The van der Waals surface area contributed by atoms with Crippen molar-refractivity contribution in [3.63, 3.8) is 0 Å². The lowest BCUT2D eigenvalue weighted by Gasteiger charge is -2.19. The largest absolute Gasteiger partial charge is 0.391 e. The molecule has 3 N–H and O–H groups in total. The van der Waals surface area contributed by atoms with Gasteiger partial charge in [0.15, 0.2) is 0 Å². The van der Waals surface area contributed by atoms with Crippen molar-refractivity contribution in [1.82, 2.24) is 0 Å². The van der Waals surface area contributed by atoms with Crippen LogP contribution in [0.5, 0.6) is 0 Å². The molecule has 0 heterocycles. The molecule has 1 fully saturated rings. The maximum absolute atomic E-state index is 13.5. The molecule has 0 amide bonds. The molecule has 0 unspecified atom stereocenters. The molecule has 2 nitrogen and oxygen atoms in total. The highest BCUT2D eigenvalue weighted by Crippen LogP contribution is 2.37. The number of halogens is 1. The van der Waals surface area contributed by atoms with Crippen molar-refractivity contribution < 1.29 is 9.50 Å². The van der Waals surface area contributed by atoms with Gasteiger partial charge in [-0.1, -0.05) is 17.7 Å². The van der Waals surface area contributed by atoms with Gasteiger partial charge in [-0.15, -0.1) is 0 Å². The maximum Gasteiger partial charge on any atom is 0.128 e. The minimum Gasteiger partial charge on any atom is -0.391 e. The number of aliphatic hydroxyl groups is 1. The normalized spacial score (nSPS) is 20.0. The summed E-state index contributed by atoms with van der Waals surface area (Å²) < 4.78 is 13.5. The van der Waals surface area contributed by atoms with Crippen molar-refractivity contribution >= 4 is 0 Å². The first-order valence-electron chi connectivity index (χ1n) is 5.29. The Balaban J connectivity index is 2.23. The minimum atomic E-state index is -0.610. The zero-order valence-electron chi connectivity index (χ0n) is 8.78. The van der Waals surface area contributed by atoms with E-state index in [1.807, 2.05) is 6.92 Å². The second-order valence-corrected chi connectivity index (χ2v) is 4.38. The standard InChI is InChI=1S/C12H16FNO/c1-7-2-5-10(13)9(6-7)11(14)12(15)8-3-4-8/h2,5-6,8,11-12,15H,3-4,14H2,1H3/t11-,12+/m1/s1. The molecule has 1 aliphatic carbocycles. The molecule has 15 heavy (non-hydrogen) atoms. The average Bonchev–Trinajstić information content (AvgIpc) is 3.03. The molecule has 3 heteroatoms. The number of nitrogens with two attached hydrogens (primary N) is 1. The Hall–Kier alpha value is -0.930. The quantitative estimate of drug-likeness (QED) is 0.798. The van der Waals surface area contributed by atoms with Gasteiger partial charge in [0.25, 0.3) is 0 Å². The third-order valence-electron chi connectivity index (χ3n) is 2.98. The third-order valence-corrected chi connectivity index (χ3v) is 2.98. The average molecular weight is 209 g/mol. The monoisotopic (exact) mass is 209 g/mol. The van der Waals surface area contributed by atoms with Crippen molar-refractivity contribution in [2.75, 3.05) is 0 Å². The van der Waals surface area contributed by atoms with Gasteiger partial charge in [0.05, 0.1) is 12.1 Å². The Kier molecular flexibility index (Phi) is 2.76. The fraction of sp³-hybridized carbons (Fsp3) is 0.500. The van der Waals surface area contributed by atoms with Crippen molar-refractivity contribution in [3.05, 3.63) is 35.1 Å². The number of benzene rings is 1. The van der Waals surface area contributed by atoms with Crippen molar-refractivity contribution in [3.8, 4) is 0 Å². The van der Waals surface area contributed by atoms with Gasteiger partial charge < -0.3 is 10.8 Å². The van der Waals surface area contributed by atoms with Crippen LogP contribution in [0.2, 0.25) is 0 Å². The number of hydrogen-bond acceptors (Lipinski definition) is 2. The molecule has 2 atom stereocenters. The van der Waals surface area contributed by atoms with E-state index in [0.717, 1.165) is 18.4 Å². The summed E-state index contributed by atoms with van der Waals surface area (Å²) in [5, 5.41) is 9.83. The van der Waals surface area contributed by atoms with Crippen LogP contribution in [-0.4, -0.2) is 11.2 Å². The van der Waals surface area contributed by atoms with Gasteiger partial charge >= 0.3 is 0 Å². The van der Waals surface area contributed by atoms with Crippen LogP contribution in [0, 0.1) is 18.7 Å². The van der Waals surface area contributed by atoms with Crippen molar-refractivity contribution in [1.29, 1.82) is 0 Å². The van der Waals surface area contributed by atoms with E-state index in [0.29, 0.717) is 5.56 Å². The molecule has 0 spiro atoms. The van der Waals surface area contributed by atoms with Crippen LogP contribution in [0.3, 0.4) is 0 Å².